The van der Waals surface area contributed by atoms with E-state index in [4.69, 9.17) is 0 Å². The van der Waals surface area contributed by atoms with Gasteiger partial charge in [0.1, 0.15) is 5.41 Å². The number of carbonyl (C=O) groups is 3. The maximum atomic E-state index is 13.2. The average Bonchev–Trinajstić information content (AvgIpc) is 2.34. The molecule has 0 aliphatic carbocycles. The third kappa shape index (κ3) is 1.93. The van der Waals surface area contributed by atoms with E-state index in [1.54, 1.807) is 0 Å². The van der Waals surface area contributed by atoms with Crippen molar-refractivity contribution in [2.45, 2.75) is 13.8 Å². The van der Waals surface area contributed by atoms with Gasteiger partial charge >= 0.3 is 6.03 Å². The first-order chi connectivity index (χ1) is 9.16. The summed E-state index contributed by atoms with van der Waals surface area (Å²) >= 11 is 0. The van der Waals surface area contributed by atoms with Crippen molar-refractivity contribution in [3.05, 3.63) is 29.6 Å². The first-order valence-electron chi connectivity index (χ1n) is 5.50. The van der Waals surface area contributed by atoms with Gasteiger partial charge in [0.2, 0.25) is 11.8 Å². The first-order valence-corrected chi connectivity index (χ1v) is 5.50. The van der Waals surface area contributed by atoms with Crippen LogP contribution in [0.4, 0.5) is 23.7 Å². The third-order valence-corrected chi connectivity index (χ3v) is 2.96. The van der Waals surface area contributed by atoms with Crippen molar-refractivity contribution in [2.24, 2.45) is 5.41 Å². The highest BCUT2D eigenvalue weighted by Gasteiger charge is 2.47. The Balaban J connectivity index is 2.54. The lowest BCUT2D eigenvalue weighted by Gasteiger charge is -2.34. The Bertz CT molecular complexity index is 620. The number of urea groups is 1. The summed E-state index contributed by atoms with van der Waals surface area (Å²) in [5.74, 6) is -6.59. The molecule has 1 aliphatic rings. The van der Waals surface area contributed by atoms with Gasteiger partial charge in [-0.3, -0.25) is 14.9 Å². The van der Waals surface area contributed by atoms with Gasteiger partial charge in [0, 0.05) is 12.1 Å². The minimum absolute atomic E-state index is 0.396. The summed E-state index contributed by atoms with van der Waals surface area (Å²) in [6.45, 7) is 2.50. The van der Waals surface area contributed by atoms with Crippen molar-refractivity contribution in [1.82, 2.24) is 5.32 Å². The maximum Gasteiger partial charge on any atom is 0.335 e. The molecule has 106 valence electrons. The number of carbonyl (C=O) groups excluding carboxylic acids is 3. The first kappa shape index (κ1) is 14.0. The lowest BCUT2D eigenvalue weighted by molar-refractivity contribution is -0.140. The molecule has 0 spiro atoms. The van der Waals surface area contributed by atoms with Crippen LogP contribution in [0.2, 0.25) is 0 Å². The van der Waals surface area contributed by atoms with Crippen molar-refractivity contribution >= 4 is 23.5 Å². The average molecular weight is 286 g/mol. The number of benzene rings is 1. The Labute approximate surface area is 111 Å². The van der Waals surface area contributed by atoms with Crippen LogP contribution in [0.1, 0.15) is 13.8 Å². The number of nitrogens with zero attached hydrogens (tertiary/aromatic N) is 1. The molecule has 1 aromatic carbocycles. The Morgan fingerprint density at radius 2 is 1.55 bits per heavy atom. The molecule has 0 bridgehead atoms. The number of barbiturate groups is 1. The molecule has 1 N–H and O–H groups in total. The fourth-order valence-corrected chi connectivity index (χ4v) is 1.68. The van der Waals surface area contributed by atoms with Crippen molar-refractivity contribution in [3.63, 3.8) is 0 Å². The summed E-state index contributed by atoms with van der Waals surface area (Å²) < 4.78 is 39.2. The molecule has 1 saturated heterocycles. The SMILES string of the molecule is CC1(C)C(=O)NC(=O)N(c2cc(F)c(F)c(F)c2)C1=O. The summed E-state index contributed by atoms with van der Waals surface area (Å²) in [7, 11) is 0. The van der Waals surface area contributed by atoms with Gasteiger partial charge in [-0.25, -0.2) is 22.9 Å². The summed E-state index contributed by atoms with van der Waals surface area (Å²) in [4.78, 5) is 35.6. The van der Waals surface area contributed by atoms with E-state index in [0.29, 0.717) is 17.0 Å². The number of rotatable bonds is 1. The fraction of sp³-hybridized carbons (Fsp3) is 0.250. The number of nitrogens with one attached hydrogen (secondary N) is 1. The molecule has 8 heteroatoms. The second-order valence-corrected chi connectivity index (χ2v) is 4.75. The van der Waals surface area contributed by atoms with E-state index in [1.165, 1.54) is 13.8 Å². The lowest BCUT2D eigenvalue weighted by Crippen LogP contribution is -2.62. The number of halogens is 3. The van der Waals surface area contributed by atoms with Crippen molar-refractivity contribution < 1.29 is 27.6 Å². The molecule has 1 heterocycles. The van der Waals surface area contributed by atoms with E-state index < -0.39 is 46.4 Å². The number of hydrogen-bond acceptors (Lipinski definition) is 3. The highest BCUT2D eigenvalue weighted by atomic mass is 19.2. The number of anilines is 1. The summed E-state index contributed by atoms with van der Waals surface area (Å²) in [5, 5.41) is 1.89. The smallest absolute Gasteiger partial charge is 0.276 e. The molecule has 0 radical (unpaired) electrons. The highest BCUT2D eigenvalue weighted by molar-refractivity contribution is 6.29. The second-order valence-electron chi connectivity index (χ2n) is 4.75. The summed E-state index contributed by atoms with van der Waals surface area (Å²) in [6.07, 6.45) is 0. The number of hydrogen-bond donors (Lipinski definition) is 1. The van der Waals surface area contributed by atoms with E-state index >= 15 is 0 Å². The molecule has 0 aromatic heterocycles. The van der Waals surface area contributed by atoms with Gasteiger partial charge < -0.3 is 0 Å². The van der Waals surface area contributed by atoms with Gasteiger partial charge in [0.05, 0.1) is 5.69 Å². The standard InChI is InChI=1S/C12H9F3N2O3/c1-12(2)9(18)16-11(20)17(10(12)19)5-3-6(13)8(15)7(14)4-5/h3-4H,1-2H3,(H,16,18,20). The number of amides is 4. The van der Waals surface area contributed by atoms with Gasteiger partial charge in [-0.15, -0.1) is 0 Å². The van der Waals surface area contributed by atoms with Gasteiger partial charge in [-0.05, 0) is 13.8 Å². The van der Waals surface area contributed by atoms with Crippen molar-refractivity contribution in [3.8, 4) is 0 Å². The second kappa shape index (κ2) is 4.32. The number of imide groups is 2. The van der Waals surface area contributed by atoms with Crippen LogP contribution < -0.4 is 10.2 Å². The van der Waals surface area contributed by atoms with E-state index in [2.05, 4.69) is 0 Å². The van der Waals surface area contributed by atoms with Gasteiger partial charge in [-0.1, -0.05) is 0 Å². The zero-order valence-electron chi connectivity index (χ0n) is 10.5. The van der Waals surface area contributed by atoms with E-state index in [0.717, 1.165) is 0 Å². The third-order valence-electron chi connectivity index (χ3n) is 2.96. The van der Waals surface area contributed by atoms with Crippen LogP contribution in [0.25, 0.3) is 0 Å². The summed E-state index contributed by atoms with van der Waals surface area (Å²) in [6, 6.07) is -0.145. The quantitative estimate of drug-likeness (QED) is 0.631. The van der Waals surface area contributed by atoms with Crippen LogP contribution in [0.15, 0.2) is 12.1 Å². The molecule has 4 amide bonds. The molecule has 0 saturated carbocycles. The van der Waals surface area contributed by atoms with E-state index in [9.17, 15) is 27.6 Å². The van der Waals surface area contributed by atoms with E-state index in [-0.39, 0.29) is 0 Å². The molecule has 5 nitrogen and oxygen atoms in total. The predicted molar refractivity (Wildman–Crippen MR) is 61.1 cm³/mol. The Morgan fingerprint density at radius 1 is 1.05 bits per heavy atom. The molecular weight excluding hydrogens is 277 g/mol. The van der Waals surface area contributed by atoms with Gasteiger partial charge in [0.15, 0.2) is 17.5 Å². The monoisotopic (exact) mass is 286 g/mol. The van der Waals surface area contributed by atoms with Crippen LogP contribution in [0, 0.1) is 22.9 Å². The maximum absolute atomic E-state index is 13.2. The Kier molecular flexibility index (Phi) is 3.04. The van der Waals surface area contributed by atoms with Crippen LogP contribution in [0.3, 0.4) is 0 Å². The highest BCUT2D eigenvalue weighted by Crippen LogP contribution is 2.29. The Morgan fingerprint density at radius 3 is 2.05 bits per heavy atom. The molecular formula is C12H9F3N2O3. The van der Waals surface area contributed by atoms with Crippen LogP contribution in [-0.4, -0.2) is 17.8 Å². The van der Waals surface area contributed by atoms with Crippen molar-refractivity contribution in [1.29, 1.82) is 0 Å². The van der Waals surface area contributed by atoms with Crippen LogP contribution in [-0.2, 0) is 9.59 Å². The minimum atomic E-state index is -1.71. The molecule has 1 fully saturated rings. The molecule has 0 atom stereocenters. The van der Waals surface area contributed by atoms with Crippen LogP contribution >= 0.6 is 0 Å². The molecule has 1 aliphatic heterocycles. The lowest BCUT2D eigenvalue weighted by atomic mass is 9.88. The van der Waals surface area contributed by atoms with Crippen molar-refractivity contribution in [2.75, 3.05) is 4.90 Å². The zero-order valence-corrected chi connectivity index (χ0v) is 10.5. The molecule has 1 aromatic rings. The van der Waals surface area contributed by atoms with Gasteiger partial charge in [0.25, 0.3) is 0 Å². The topological polar surface area (TPSA) is 66.5 Å². The van der Waals surface area contributed by atoms with Crippen LogP contribution in [0.5, 0.6) is 0 Å². The molecule has 20 heavy (non-hydrogen) atoms. The van der Waals surface area contributed by atoms with E-state index in [1.807, 2.05) is 5.32 Å². The normalized spacial score (nSPS) is 18.2. The molecule has 0 unspecified atom stereocenters. The fourth-order valence-electron chi connectivity index (χ4n) is 1.68. The minimum Gasteiger partial charge on any atom is -0.276 e. The zero-order chi connectivity index (χ0) is 15.2. The Hall–Kier alpha value is -2.38. The summed E-state index contributed by atoms with van der Waals surface area (Å²) in [5.41, 5.74) is -2.08. The molecule has 2 rings (SSSR count). The van der Waals surface area contributed by atoms with Gasteiger partial charge in [-0.2, -0.15) is 0 Å². The predicted octanol–water partition coefficient (Wildman–Crippen LogP) is 1.71. The largest absolute Gasteiger partial charge is 0.335 e.